The van der Waals surface area contributed by atoms with Crippen molar-refractivity contribution in [2.24, 2.45) is 0 Å². The second-order valence-corrected chi connectivity index (χ2v) is 5.69. The quantitative estimate of drug-likeness (QED) is 0.694. The van der Waals surface area contributed by atoms with Gasteiger partial charge in [0.05, 0.1) is 17.9 Å². The summed E-state index contributed by atoms with van der Waals surface area (Å²) < 4.78 is 45.0. The topological polar surface area (TPSA) is 95.1 Å². The lowest BCUT2D eigenvalue weighted by Crippen LogP contribution is -2.15. The van der Waals surface area contributed by atoms with Crippen molar-refractivity contribution in [3.8, 4) is 11.4 Å². The molecule has 10 heteroatoms. The van der Waals surface area contributed by atoms with Crippen LogP contribution in [0.5, 0.6) is 5.75 Å². The largest absolute Gasteiger partial charge is 0.494 e. The van der Waals surface area contributed by atoms with Gasteiger partial charge in [-0.2, -0.15) is 17.9 Å². The third-order valence-corrected chi connectivity index (χ3v) is 3.76. The van der Waals surface area contributed by atoms with Crippen LogP contribution in [0.2, 0.25) is 0 Å². The highest BCUT2D eigenvalue weighted by atomic mass is 19.4. The number of nitrogens with zero attached hydrogens (tertiary/aromatic N) is 3. The van der Waals surface area contributed by atoms with Crippen molar-refractivity contribution in [3.05, 3.63) is 59.8 Å². The number of hydrogen-bond acceptors (Lipinski definition) is 5. The Bertz CT molecular complexity index is 984. The lowest BCUT2D eigenvalue weighted by Gasteiger charge is -2.09. The molecule has 2 aromatic carbocycles. The number of nitrogens with two attached hydrogens (primary N) is 1. The van der Waals surface area contributed by atoms with Gasteiger partial charge in [0, 0.05) is 5.69 Å². The molecule has 0 aliphatic heterocycles. The maximum Gasteiger partial charge on any atom is 0.416 e. The lowest BCUT2D eigenvalue weighted by molar-refractivity contribution is -0.137. The van der Waals surface area contributed by atoms with E-state index in [-0.39, 0.29) is 17.2 Å². The van der Waals surface area contributed by atoms with E-state index in [2.05, 4.69) is 15.6 Å². The first kappa shape index (κ1) is 19.2. The van der Waals surface area contributed by atoms with Crippen LogP contribution in [0.15, 0.2) is 48.5 Å². The molecule has 28 heavy (non-hydrogen) atoms. The van der Waals surface area contributed by atoms with E-state index in [9.17, 15) is 18.0 Å². The number of ether oxygens (including phenoxy) is 1. The summed E-state index contributed by atoms with van der Waals surface area (Å²) in [7, 11) is 0. The van der Waals surface area contributed by atoms with Gasteiger partial charge in [0.2, 0.25) is 0 Å². The number of amides is 1. The van der Waals surface area contributed by atoms with Gasteiger partial charge in [0.1, 0.15) is 5.75 Å². The minimum atomic E-state index is -4.52. The van der Waals surface area contributed by atoms with Crippen LogP contribution in [0.25, 0.3) is 5.69 Å². The summed E-state index contributed by atoms with van der Waals surface area (Å²) in [6.07, 6.45) is -4.52. The third kappa shape index (κ3) is 4.05. The molecule has 3 rings (SSSR count). The number of rotatable bonds is 5. The fraction of sp³-hybridized carbons (Fsp3) is 0.167. The molecule has 0 spiro atoms. The molecular weight excluding hydrogens is 375 g/mol. The molecule has 0 aliphatic rings. The standard InChI is InChI=1S/C18H16F3N5O2/c1-2-28-14-8-6-13(7-9-14)26-16(22)15(24-25-26)17(27)23-12-5-3-4-11(10-12)18(19,20)21/h3-10H,2,22H2,1H3,(H,23,27). The Morgan fingerprint density at radius 3 is 2.57 bits per heavy atom. The van der Waals surface area contributed by atoms with Gasteiger partial charge in [-0.05, 0) is 49.4 Å². The molecule has 0 bridgehead atoms. The zero-order chi connectivity index (χ0) is 20.3. The molecule has 1 amide bonds. The molecule has 3 aromatic rings. The van der Waals surface area contributed by atoms with E-state index in [0.29, 0.717) is 18.0 Å². The van der Waals surface area contributed by atoms with Crippen LogP contribution in [-0.2, 0) is 6.18 Å². The number of carbonyl (C=O) groups excluding carboxylic acids is 1. The van der Waals surface area contributed by atoms with Crippen molar-refractivity contribution < 1.29 is 22.7 Å². The van der Waals surface area contributed by atoms with Crippen molar-refractivity contribution in [1.29, 1.82) is 0 Å². The molecule has 1 heterocycles. The van der Waals surface area contributed by atoms with Gasteiger partial charge in [0.15, 0.2) is 11.5 Å². The van der Waals surface area contributed by atoms with Gasteiger partial charge >= 0.3 is 6.18 Å². The molecule has 7 nitrogen and oxygen atoms in total. The van der Waals surface area contributed by atoms with Crippen molar-refractivity contribution in [3.63, 3.8) is 0 Å². The molecule has 1 aromatic heterocycles. The molecule has 3 N–H and O–H groups in total. The molecule has 0 saturated heterocycles. The number of halogens is 3. The van der Waals surface area contributed by atoms with E-state index in [1.165, 1.54) is 16.8 Å². The number of nitrogens with one attached hydrogen (secondary N) is 1. The van der Waals surface area contributed by atoms with Crippen molar-refractivity contribution in [2.75, 3.05) is 17.7 Å². The second kappa shape index (κ2) is 7.59. The molecule has 0 saturated carbocycles. The van der Waals surface area contributed by atoms with E-state index in [4.69, 9.17) is 10.5 Å². The molecule has 0 atom stereocenters. The van der Waals surface area contributed by atoms with E-state index < -0.39 is 17.6 Å². The van der Waals surface area contributed by atoms with Gasteiger partial charge in [-0.15, -0.1) is 5.10 Å². The van der Waals surface area contributed by atoms with Crippen LogP contribution in [0.1, 0.15) is 23.0 Å². The lowest BCUT2D eigenvalue weighted by atomic mass is 10.2. The molecule has 0 radical (unpaired) electrons. The van der Waals surface area contributed by atoms with Crippen molar-refractivity contribution >= 4 is 17.4 Å². The smallest absolute Gasteiger partial charge is 0.416 e. The first-order chi connectivity index (χ1) is 13.3. The summed E-state index contributed by atoms with van der Waals surface area (Å²) in [4.78, 5) is 12.4. The molecular formula is C18H16F3N5O2. The average Bonchev–Trinajstić information content (AvgIpc) is 3.04. The van der Waals surface area contributed by atoms with Crippen LogP contribution in [-0.4, -0.2) is 27.5 Å². The number of carbonyl (C=O) groups is 1. The van der Waals surface area contributed by atoms with E-state index >= 15 is 0 Å². The number of nitrogen functional groups attached to an aromatic ring is 1. The van der Waals surface area contributed by atoms with Crippen molar-refractivity contribution in [1.82, 2.24) is 15.0 Å². The Labute approximate surface area is 157 Å². The molecule has 146 valence electrons. The molecule has 0 unspecified atom stereocenters. The predicted octanol–water partition coefficient (Wildman–Crippen LogP) is 3.52. The average molecular weight is 391 g/mol. The zero-order valence-corrected chi connectivity index (χ0v) is 14.7. The molecule has 0 aliphatic carbocycles. The predicted molar refractivity (Wildman–Crippen MR) is 96.3 cm³/mol. The Hall–Kier alpha value is -3.56. The highest BCUT2D eigenvalue weighted by Crippen LogP contribution is 2.30. The first-order valence-electron chi connectivity index (χ1n) is 8.22. The number of alkyl halides is 3. The second-order valence-electron chi connectivity index (χ2n) is 5.69. The van der Waals surface area contributed by atoms with Crippen molar-refractivity contribution in [2.45, 2.75) is 13.1 Å². The van der Waals surface area contributed by atoms with Gasteiger partial charge < -0.3 is 15.8 Å². The first-order valence-corrected chi connectivity index (χ1v) is 8.22. The van der Waals surface area contributed by atoms with E-state index in [1.807, 2.05) is 6.92 Å². The van der Waals surface area contributed by atoms with Crippen LogP contribution in [0.3, 0.4) is 0 Å². The molecule has 0 fully saturated rings. The maximum absolute atomic E-state index is 12.8. The Balaban J connectivity index is 1.80. The number of anilines is 2. The van der Waals surface area contributed by atoms with Gasteiger partial charge in [-0.3, -0.25) is 4.79 Å². The van der Waals surface area contributed by atoms with Gasteiger partial charge in [-0.25, -0.2) is 0 Å². The summed E-state index contributed by atoms with van der Waals surface area (Å²) >= 11 is 0. The third-order valence-electron chi connectivity index (χ3n) is 3.76. The van der Waals surface area contributed by atoms with E-state index in [1.54, 1.807) is 24.3 Å². The van der Waals surface area contributed by atoms with Gasteiger partial charge in [0.25, 0.3) is 5.91 Å². The highest BCUT2D eigenvalue weighted by molar-refractivity contribution is 6.05. The summed E-state index contributed by atoms with van der Waals surface area (Å²) in [5.41, 5.74) is 5.39. The van der Waals surface area contributed by atoms with E-state index in [0.717, 1.165) is 12.1 Å². The highest BCUT2D eigenvalue weighted by Gasteiger charge is 2.30. The number of hydrogen-bond donors (Lipinski definition) is 2. The fourth-order valence-corrected chi connectivity index (χ4v) is 2.46. The fourth-order valence-electron chi connectivity index (χ4n) is 2.46. The van der Waals surface area contributed by atoms with Crippen LogP contribution in [0.4, 0.5) is 24.7 Å². The normalized spacial score (nSPS) is 11.3. The summed E-state index contributed by atoms with van der Waals surface area (Å²) in [5.74, 6) is -0.157. The zero-order valence-electron chi connectivity index (χ0n) is 14.7. The Morgan fingerprint density at radius 2 is 1.93 bits per heavy atom. The number of aromatic nitrogens is 3. The van der Waals surface area contributed by atoms with Crippen LogP contribution in [0, 0.1) is 0 Å². The minimum Gasteiger partial charge on any atom is -0.494 e. The summed E-state index contributed by atoms with van der Waals surface area (Å²) in [5, 5.41) is 9.93. The maximum atomic E-state index is 12.8. The Kier molecular flexibility index (Phi) is 5.21. The number of benzene rings is 2. The summed E-state index contributed by atoms with van der Waals surface area (Å²) in [6, 6.07) is 11.1. The monoisotopic (exact) mass is 391 g/mol. The van der Waals surface area contributed by atoms with Crippen LogP contribution < -0.4 is 15.8 Å². The van der Waals surface area contributed by atoms with Crippen LogP contribution >= 0.6 is 0 Å². The summed E-state index contributed by atoms with van der Waals surface area (Å²) in [6.45, 7) is 2.38. The Morgan fingerprint density at radius 1 is 1.21 bits per heavy atom. The van der Waals surface area contributed by atoms with Gasteiger partial charge in [-0.1, -0.05) is 11.3 Å². The SMILES string of the molecule is CCOc1ccc(-n2nnc(C(=O)Nc3cccc(C(F)(F)F)c3)c2N)cc1. The minimum absolute atomic E-state index is 0.0326.